The molecule has 0 atom stereocenters. The number of hydrogen-bond donors (Lipinski definition) is 1. The van der Waals surface area contributed by atoms with Crippen LogP contribution >= 0.6 is 47.2 Å². The lowest BCUT2D eigenvalue weighted by molar-refractivity contribution is -0.384. The van der Waals surface area contributed by atoms with E-state index in [4.69, 9.17) is 44.9 Å². The van der Waals surface area contributed by atoms with Crippen molar-refractivity contribution in [3.63, 3.8) is 0 Å². The van der Waals surface area contributed by atoms with Gasteiger partial charge in [-0.15, -0.1) is 0 Å². The fraction of sp³-hybridized carbons (Fsp3) is 0.0800. The number of carbonyl (C=O) groups is 2. The summed E-state index contributed by atoms with van der Waals surface area (Å²) in [5.41, 5.74) is 1.20. The van der Waals surface area contributed by atoms with Gasteiger partial charge < -0.3 is 14.8 Å². The van der Waals surface area contributed by atoms with Crippen LogP contribution in [0.4, 0.5) is 17.1 Å². The highest BCUT2D eigenvalue weighted by molar-refractivity contribution is 8.27. The molecule has 0 saturated carbocycles. The van der Waals surface area contributed by atoms with E-state index >= 15 is 0 Å². The molecule has 1 saturated heterocycles. The van der Waals surface area contributed by atoms with Crippen LogP contribution in [0.5, 0.6) is 11.5 Å². The molecule has 1 aliphatic heterocycles. The maximum absolute atomic E-state index is 13.1. The molecule has 9 nitrogen and oxygen atoms in total. The van der Waals surface area contributed by atoms with Crippen LogP contribution in [0, 0.1) is 10.1 Å². The molecule has 0 radical (unpaired) electrons. The lowest BCUT2D eigenvalue weighted by atomic mass is 10.2. The average molecular weight is 590 g/mol. The molecule has 38 heavy (non-hydrogen) atoms. The zero-order valence-electron chi connectivity index (χ0n) is 19.5. The zero-order chi connectivity index (χ0) is 27.4. The normalized spacial score (nSPS) is 14.1. The van der Waals surface area contributed by atoms with Crippen LogP contribution in [0.2, 0.25) is 10.0 Å². The summed E-state index contributed by atoms with van der Waals surface area (Å²) in [7, 11) is 1.44. The second-order valence-electron chi connectivity index (χ2n) is 7.67. The fourth-order valence-corrected chi connectivity index (χ4v) is 5.20. The van der Waals surface area contributed by atoms with E-state index in [2.05, 4.69) is 5.32 Å². The molecule has 0 unspecified atom stereocenters. The number of nitrogens with zero attached hydrogens (tertiary/aromatic N) is 2. The van der Waals surface area contributed by atoms with Gasteiger partial charge >= 0.3 is 0 Å². The van der Waals surface area contributed by atoms with Crippen LogP contribution in [-0.2, 0) is 9.59 Å². The molecule has 0 spiro atoms. The highest BCUT2D eigenvalue weighted by Gasteiger charge is 2.34. The van der Waals surface area contributed by atoms with Crippen molar-refractivity contribution in [2.24, 2.45) is 0 Å². The molecule has 1 fully saturated rings. The quantitative estimate of drug-likeness (QED) is 0.140. The Labute approximate surface area is 236 Å². The van der Waals surface area contributed by atoms with Gasteiger partial charge in [0.2, 0.25) is 0 Å². The van der Waals surface area contributed by atoms with Crippen molar-refractivity contribution in [3.05, 3.63) is 91.3 Å². The molecule has 0 aromatic heterocycles. The number of thiocarbonyl (C=S) groups is 1. The van der Waals surface area contributed by atoms with Gasteiger partial charge in [-0.05, 0) is 48.0 Å². The van der Waals surface area contributed by atoms with E-state index in [-0.39, 0.29) is 23.9 Å². The monoisotopic (exact) mass is 589 g/mol. The molecule has 3 aromatic rings. The summed E-state index contributed by atoms with van der Waals surface area (Å²) < 4.78 is 11.3. The van der Waals surface area contributed by atoms with Crippen molar-refractivity contribution >= 4 is 86.5 Å². The van der Waals surface area contributed by atoms with Gasteiger partial charge in [0.15, 0.2) is 22.4 Å². The van der Waals surface area contributed by atoms with E-state index in [9.17, 15) is 19.7 Å². The van der Waals surface area contributed by atoms with Crippen molar-refractivity contribution in [2.75, 3.05) is 23.9 Å². The summed E-state index contributed by atoms with van der Waals surface area (Å²) in [6, 6.07) is 15.3. The van der Waals surface area contributed by atoms with Gasteiger partial charge in [0.1, 0.15) is 0 Å². The lowest BCUT2D eigenvalue weighted by Crippen LogP contribution is -2.27. The van der Waals surface area contributed by atoms with E-state index in [1.165, 1.54) is 42.3 Å². The highest BCUT2D eigenvalue weighted by atomic mass is 35.5. The molecule has 4 rings (SSSR count). The number of methoxy groups -OCH3 is 1. The predicted octanol–water partition coefficient (Wildman–Crippen LogP) is 6.33. The molecular weight excluding hydrogens is 573 g/mol. The smallest absolute Gasteiger partial charge is 0.271 e. The molecule has 3 aromatic carbocycles. The number of nitrogens with one attached hydrogen (secondary N) is 1. The molecule has 0 bridgehead atoms. The minimum Gasteiger partial charge on any atom is -0.493 e. The summed E-state index contributed by atoms with van der Waals surface area (Å²) in [4.78, 5) is 37.5. The number of rotatable bonds is 8. The summed E-state index contributed by atoms with van der Waals surface area (Å²) in [5, 5.41) is 14.2. The van der Waals surface area contributed by atoms with Crippen LogP contribution < -0.4 is 19.7 Å². The number of halogens is 2. The Kier molecular flexibility index (Phi) is 8.52. The van der Waals surface area contributed by atoms with E-state index in [1.807, 2.05) is 0 Å². The number of hydrogen-bond acceptors (Lipinski definition) is 8. The number of nitro benzene ring substituents is 1. The molecule has 1 aliphatic rings. The third-order valence-corrected chi connectivity index (χ3v) is 6.97. The first-order valence-electron chi connectivity index (χ1n) is 10.7. The molecule has 1 heterocycles. The van der Waals surface area contributed by atoms with Crippen molar-refractivity contribution in [1.29, 1.82) is 0 Å². The summed E-state index contributed by atoms with van der Waals surface area (Å²) in [6.45, 7) is -0.362. The molecule has 13 heteroatoms. The van der Waals surface area contributed by atoms with Crippen molar-refractivity contribution in [1.82, 2.24) is 0 Å². The average Bonchev–Trinajstić information content (AvgIpc) is 3.15. The standard InChI is InChI=1S/C25H17Cl2N3O6S2/c1-35-21-9-14(10-22-24(32)29(25(37)38-22)19-7-6-15(26)11-18(19)27)5-8-20(21)36-13-23(31)28-16-3-2-4-17(12-16)30(33)34/h2-12H,13H2,1H3,(H,28,31)/b22-10+. The van der Waals surface area contributed by atoms with Gasteiger partial charge in [0, 0.05) is 22.8 Å². The van der Waals surface area contributed by atoms with Crippen molar-refractivity contribution in [2.45, 2.75) is 0 Å². The Morgan fingerprint density at radius 1 is 1.16 bits per heavy atom. The van der Waals surface area contributed by atoms with Crippen LogP contribution in [0.15, 0.2) is 65.6 Å². The minimum atomic E-state index is -0.552. The number of non-ortho nitro benzene ring substituents is 1. The number of ether oxygens (including phenoxy) is 2. The Hall–Kier alpha value is -3.64. The van der Waals surface area contributed by atoms with Gasteiger partial charge in [-0.1, -0.05) is 59.3 Å². The van der Waals surface area contributed by atoms with E-state index in [0.29, 0.717) is 42.0 Å². The van der Waals surface area contributed by atoms with Crippen LogP contribution in [0.25, 0.3) is 6.08 Å². The maximum Gasteiger partial charge on any atom is 0.271 e. The van der Waals surface area contributed by atoms with Crippen molar-refractivity contribution in [3.8, 4) is 11.5 Å². The van der Waals surface area contributed by atoms with E-state index < -0.39 is 10.8 Å². The first-order chi connectivity index (χ1) is 18.2. The summed E-state index contributed by atoms with van der Waals surface area (Å²) in [6.07, 6.45) is 1.66. The maximum atomic E-state index is 13.1. The number of anilines is 2. The largest absolute Gasteiger partial charge is 0.493 e. The highest BCUT2D eigenvalue weighted by Crippen LogP contribution is 2.40. The van der Waals surface area contributed by atoms with Crippen LogP contribution in [0.1, 0.15) is 5.56 Å². The number of thioether (sulfide) groups is 1. The molecule has 0 aliphatic carbocycles. The Morgan fingerprint density at radius 3 is 2.66 bits per heavy atom. The Bertz CT molecular complexity index is 1500. The lowest BCUT2D eigenvalue weighted by Gasteiger charge is -2.16. The van der Waals surface area contributed by atoms with Crippen LogP contribution in [-0.4, -0.2) is 34.8 Å². The van der Waals surface area contributed by atoms with Gasteiger partial charge in [0.05, 0.1) is 27.6 Å². The molecule has 1 N–H and O–H groups in total. The van der Waals surface area contributed by atoms with E-state index in [0.717, 1.165) is 11.8 Å². The SMILES string of the molecule is COc1cc(/C=C2/SC(=S)N(c3ccc(Cl)cc3Cl)C2=O)ccc1OCC(=O)Nc1cccc([N+](=O)[O-])c1. The Morgan fingerprint density at radius 2 is 1.95 bits per heavy atom. The number of carbonyl (C=O) groups excluding carboxylic acids is 2. The van der Waals surface area contributed by atoms with Gasteiger partial charge in [-0.2, -0.15) is 0 Å². The fourth-order valence-electron chi connectivity index (χ4n) is 3.42. The van der Waals surface area contributed by atoms with Crippen LogP contribution in [0.3, 0.4) is 0 Å². The van der Waals surface area contributed by atoms with Gasteiger partial charge in [0.25, 0.3) is 17.5 Å². The second-order valence-corrected chi connectivity index (χ2v) is 10.2. The van der Waals surface area contributed by atoms with Gasteiger partial charge in [-0.3, -0.25) is 24.6 Å². The third-order valence-electron chi connectivity index (χ3n) is 5.13. The number of amides is 2. The number of benzene rings is 3. The minimum absolute atomic E-state index is 0.144. The first-order valence-corrected chi connectivity index (χ1v) is 12.7. The first kappa shape index (κ1) is 27.4. The van der Waals surface area contributed by atoms with E-state index in [1.54, 1.807) is 36.4 Å². The Balaban J connectivity index is 1.45. The molecule has 2 amide bonds. The zero-order valence-corrected chi connectivity index (χ0v) is 22.6. The summed E-state index contributed by atoms with van der Waals surface area (Å²) >= 11 is 18.8. The van der Waals surface area contributed by atoms with Crippen molar-refractivity contribution < 1.29 is 24.0 Å². The predicted molar refractivity (Wildman–Crippen MR) is 152 cm³/mol. The molecule has 194 valence electrons. The van der Waals surface area contributed by atoms with Gasteiger partial charge in [-0.25, -0.2) is 0 Å². The second kappa shape index (κ2) is 11.8. The number of nitro groups is 1. The molecular formula is C25H17Cl2N3O6S2. The topological polar surface area (TPSA) is 111 Å². The third kappa shape index (κ3) is 6.25. The summed E-state index contributed by atoms with van der Waals surface area (Å²) in [5.74, 6) is -0.222.